The lowest BCUT2D eigenvalue weighted by atomic mass is 9.80. The molecule has 3 N–H and O–H groups in total. The van der Waals surface area contributed by atoms with Gasteiger partial charge in [-0.15, -0.1) is 0 Å². The Morgan fingerprint density at radius 3 is 2.70 bits per heavy atom. The number of halogens is 1. The average molecular weight is 388 g/mol. The maximum atomic E-state index is 13.1. The summed E-state index contributed by atoms with van der Waals surface area (Å²) >= 11 is 6.11. The monoisotopic (exact) mass is 387 g/mol. The smallest absolute Gasteiger partial charge is 0.318 e. The summed E-state index contributed by atoms with van der Waals surface area (Å²) in [5.41, 5.74) is 0.0973. The molecule has 140 valence electrons. The van der Waals surface area contributed by atoms with Crippen LogP contribution < -0.4 is 25.4 Å². The largest absolute Gasteiger partial charge is 0.497 e. The third-order valence-corrected chi connectivity index (χ3v) is 5.08. The van der Waals surface area contributed by atoms with E-state index < -0.39 is 23.7 Å². The van der Waals surface area contributed by atoms with Gasteiger partial charge in [-0.3, -0.25) is 10.1 Å². The highest BCUT2D eigenvalue weighted by Gasteiger charge is 2.55. The number of nitrogens with one attached hydrogen (secondary N) is 3. The normalized spacial score (nSPS) is 25.4. The van der Waals surface area contributed by atoms with Gasteiger partial charge in [0, 0.05) is 16.3 Å². The Balaban J connectivity index is 1.68. The number of amides is 3. The fourth-order valence-corrected chi connectivity index (χ4v) is 3.79. The van der Waals surface area contributed by atoms with E-state index in [0.29, 0.717) is 27.8 Å². The van der Waals surface area contributed by atoms with Crippen molar-refractivity contribution in [2.45, 2.75) is 18.7 Å². The van der Waals surface area contributed by atoms with Crippen LogP contribution in [0.25, 0.3) is 0 Å². The average Bonchev–Trinajstić information content (AvgIpc) is 2.62. The van der Waals surface area contributed by atoms with Crippen molar-refractivity contribution in [3.8, 4) is 11.5 Å². The van der Waals surface area contributed by atoms with Crippen molar-refractivity contribution in [1.29, 1.82) is 0 Å². The summed E-state index contributed by atoms with van der Waals surface area (Å²) in [5.74, 6) is 0.275. The molecular weight excluding hydrogens is 370 g/mol. The van der Waals surface area contributed by atoms with Crippen molar-refractivity contribution < 1.29 is 19.1 Å². The molecule has 0 unspecified atom stereocenters. The maximum absolute atomic E-state index is 13.1. The summed E-state index contributed by atoms with van der Waals surface area (Å²) < 4.78 is 11.1. The quantitative estimate of drug-likeness (QED) is 0.755. The van der Waals surface area contributed by atoms with Gasteiger partial charge in [-0.1, -0.05) is 11.6 Å². The molecule has 2 aliphatic rings. The van der Waals surface area contributed by atoms with E-state index in [1.54, 1.807) is 56.5 Å². The van der Waals surface area contributed by atoms with E-state index >= 15 is 0 Å². The van der Waals surface area contributed by atoms with Gasteiger partial charge in [-0.2, -0.15) is 0 Å². The van der Waals surface area contributed by atoms with Crippen molar-refractivity contribution >= 4 is 29.2 Å². The number of methoxy groups -OCH3 is 1. The first-order chi connectivity index (χ1) is 12.9. The van der Waals surface area contributed by atoms with Crippen LogP contribution in [-0.2, 0) is 4.79 Å². The number of anilines is 1. The fraction of sp³-hybridized carbons (Fsp3) is 0.263. The first kappa shape index (κ1) is 17.5. The molecule has 2 bridgehead atoms. The molecule has 0 saturated carbocycles. The van der Waals surface area contributed by atoms with Crippen LogP contribution in [0.2, 0.25) is 5.02 Å². The SMILES string of the molecule is COc1ccc(NC(=O)[C@H]2[C@H]3NC(=O)N[C@@]2(C)Oc2ccc(Cl)cc23)cc1. The first-order valence-electron chi connectivity index (χ1n) is 8.42. The molecule has 27 heavy (non-hydrogen) atoms. The molecule has 2 aromatic carbocycles. The van der Waals surface area contributed by atoms with E-state index in [-0.39, 0.29) is 5.91 Å². The lowest BCUT2D eigenvalue weighted by molar-refractivity contribution is -0.133. The fourth-order valence-electron chi connectivity index (χ4n) is 3.61. The second-order valence-electron chi connectivity index (χ2n) is 6.66. The van der Waals surface area contributed by atoms with E-state index in [1.807, 2.05) is 0 Å². The van der Waals surface area contributed by atoms with Crippen molar-refractivity contribution in [3.63, 3.8) is 0 Å². The van der Waals surface area contributed by atoms with Gasteiger partial charge in [-0.25, -0.2) is 4.79 Å². The van der Waals surface area contributed by atoms with E-state index in [0.717, 1.165) is 0 Å². The zero-order valence-corrected chi connectivity index (χ0v) is 15.5. The Hall–Kier alpha value is -2.93. The Morgan fingerprint density at radius 2 is 2.00 bits per heavy atom. The molecule has 1 saturated heterocycles. The van der Waals surface area contributed by atoms with Gasteiger partial charge < -0.3 is 20.1 Å². The molecule has 8 heteroatoms. The van der Waals surface area contributed by atoms with Gasteiger partial charge in [0.15, 0.2) is 5.72 Å². The van der Waals surface area contributed by atoms with Crippen LogP contribution in [0.1, 0.15) is 18.5 Å². The first-order valence-corrected chi connectivity index (χ1v) is 8.79. The predicted octanol–water partition coefficient (Wildman–Crippen LogP) is 3.07. The third kappa shape index (κ3) is 3.04. The highest BCUT2D eigenvalue weighted by Crippen LogP contribution is 2.45. The van der Waals surface area contributed by atoms with Gasteiger partial charge in [0.25, 0.3) is 0 Å². The van der Waals surface area contributed by atoms with Gasteiger partial charge in [-0.05, 0) is 49.4 Å². The molecule has 0 spiro atoms. The summed E-state index contributed by atoms with van der Waals surface area (Å²) in [6, 6.07) is 11.2. The Labute approximate surface area is 161 Å². The predicted molar refractivity (Wildman–Crippen MR) is 100 cm³/mol. The molecular formula is C19H18ClN3O4. The zero-order chi connectivity index (χ0) is 19.2. The molecule has 7 nitrogen and oxygen atoms in total. The minimum Gasteiger partial charge on any atom is -0.497 e. The molecule has 1 fully saturated rings. The molecule has 2 aromatic rings. The van der Waals surface area contributed by atoms with Gasteiger partial charge in [0.2, 0.25) is 5.91 Å². The number of ether oxygens (including phenoxy) is 2. The number of carbonyl (C=O) groups is 2. The van der Waals surface area contributed by atoms with Crippen LogP contribution in [0.4, 0.5) is 10.5 Å². The second kappa shape index (κ2) is 6.35. The highest BCUT2D eigenvalue weighted by atomic mass is 35.5. The molecule has 3 atom stereocenters. The van der Waals surface area contributed by atoms with E-state index in [1.165, 1.54) is 0 Å². The topological polar surface area (TPSA) is 88.7 Å². The Bertz CT molecular complexity index is 918. The minimum atomic E-state index is -1.19. The standard InChI is InChI=1S/C19H18ClN3O4/c1-19-15(17(24)21-11-4-6-12(26-2)7-5-11)16(22-18(25)23-19)13-9-10(20)3-8-14(13)27-19/h3-9,15-16H,1-2H3,(H,21,24)(H2,22,23,25)/t15-,16+,19+/m1/s1. The number of fused-ring (bicyclic) bond motifs is 4. The molecule has 0 radical (unpaired) electrons. The maximum Gasteiger partial charge on any atom is 0.318 e. The molecule has 2 aliphatic heterocycles. The van der Waals surface area contributed by atoms with Crippen LogP contribution in [0.3, 0.4) is 0 Å². The summed E-state index contributed by atoms with van der Waals surface area (Å²) in [6.07, 6.45) is 0. The van der Waals surface area contributed by atoms with Crippen molar-refractivity contribution in [2.75, 3.05) is 12.4 Å². The molecule has 3 amide bonds. The Kier molecular flexibility index (Phi) is 4.11. The van der Waals surface area contributed by atoms with E-state index in [9.17, 15) is 9.59 Å². The highest BCUT2D eigenvalue weighted by molar-refractivity contribution is 6.30. The number of benzene rings is 2. The van der Waals surface area contributed by atoms with Gasteiger partial charge in [0.05, 0.1) is 13.2 Å². The van der Waals surface area contributed by atoms with Crippen molar-refractivity contribution in [1.82, 2.24) is 10.6 Å². The molecule has 0 aromatic heterocycles. The van der Waals surface area contributed by atoms with Gasteiger partial charge >= 0.3 is 6.03 Å². The van der Waals surface area contributed by atoms with Crippen LogP contribution >= 0.6 is 11.6 Å². The molecule has 4 rings (SSSR count). The lowest BCUT2D eigenvalue weighted by Crippen LogP contribution is -2.70. The third-order valence-electron chi connectivity index (χ3n) is 4.84. The number of hydrogen-bond donors (Lipinski definition) is 3. The second-order valence-corrected chi connectivity index (χ2v) is 7.10. The van der Waals surface area contributed by atoms with Crippen LogP contribution in [0, 0.1) is 5.92 Å². The van der Waals surface area contributed by atoms with E-state index in [2.05, 4.69) is 16.0 Å². The van der Waals surface area contributed by atoms with Crippen molar-refractivity contribution in [2.24, 2.45) is 5.92 Å². The van der Waals surface area contributed by atoms with Crippen LogP contribution in [0.5, 0.6) is 11.5 Å². The molecule has 0 aliphatic carbocycles. The number of urea groups is 1. The van der Waals surface area contributed by atoms with Crippen molar-refractivity contribution in [3.05, 3.63) is 53.1 Å². The molecule has 2 heterocycles. The Morgan fingerprint density at radius 1 is 1.26 bits per heavy atom. The van der Waals surface area contributed by atoms with E-state index in [4.69, 9.17) is 21.1 Å². The summed E-state index contributed by atoms with van der Waals surface area (Å²) in [5, 5.41) is 8.93. The summed E-state index contributed by atoms with van der Waals surface area (Å²) in [6.45, 7) is 1.69. The number of hydrogen-bond acceptors (Lipinski definition) is 4. The minimum absolute atomic E-state index is 0.286. The summed E-state index contributed by atoms with van der Waals surface area (Å²) in [7, 11) is 1.58. The zero-order valence-electron chi connectivity index (χ0n) is 14.7. The lowest BCUT2D eigenvalue weighted by Gasteiger charge is -2.49. The number of carbonyl (C=O) groups excluding carboxylic acids is 2. The van der Waals surface area contributed by atoms with Crippen LogP contribution in [0.15, 0.2) is 42.5 Å². The van der Waals surface area contributed by atoms with Gasteiger partial charge in [0.1, 0.15) is 17.4 Å². The van der Waals surface area contributed by atoms with Crippen LogP contribution in [-0.4, -0.2) is 24.8 Å². The summed E-state index contributed by atoms with van der Waals surface area (Å²) in [4.78, 5) is 25.2. The number of rotatable bonds is 3.